The summed E-state index contributed by atoms with van der Waals surface area (Å²) in [6.07, 6.45) is 0.978. The third-order valence-electron chi connectivity index (χ3n) is 3.38. The van der Waals surface area contributed by atoms with E-state index in [1.807, 2.05) is 17.5 Å². The van der Waals surface area contributed by atoms with Gasteiger partial charge in [0.15, 0.2) is 5.13 Å². The van der Waals surface area contributed by atoms with Crippen molar-refractivity contribution in [2.24, 2.45) is 0 Å². The quantitative estimate of drug-likeness (QED) is 0.533. The summed E-state index contributed by atoms with van der Waals surface area (Å²) >= 11 is 2.16. The number of nitro groups is 1. The molecule has 2 heterocycles. The van der Waals surface area contributed by atoms with Gasteiger partial charge in [0.2, 0.25) is 0 Å². The molecule has 24 heavy (non-hydrogen) atoms. The third-order valence-corrected chi connectivity index (χ3v) is 5.17. The van der Waals surface area contributed by atoms with Crippen molar-refractivity contribution >= 4 is 38.7 Å². The van der Waals surface area contributed by atoms with Crippen molar-refractivity contribution in [3.05, 3.63) is 62.3 Å². The Morgan fingerprint density at radius 1 is 1.25 bits per heavy atom. The summed E-state index contributed by atoms with van der Waals surface area (Å²) in [4.78, 5) is 27.0. The number of aryl methyl sites for hydroxylation is 1. The number of nitrogens with zero attached hydrogens (tertiary/aromatic N) is 2. The Hall–Kier alpha value is -2.58. The van der Waals surface area contributed by atoms with Gasteiger partial charge in [0.25, 0.3) is 5.91 Å². The molecule has 6 nitrogen and oxygen atoms in total. The molecule has 0 saturated heterocycles. The van der Waals surface area contributed by atoms with E-state index in [2.05, 4.69) is 29.4 Å². The van der Waals surface area contributed by atoms with Crippen LogP contribution in [0.5, 0.6) is 0 Å². The number of hydrogen-bond acceptors (Lipinski definition) is 6. The van der Waals surface area contributed by atoms with Crippen LogP contribution in [0.3, 0.4) is 0 Å². The van der Waals surface area contributed by atoms with Crippen molar-refractivity contribution in [2.45, 2.75) is 13.3 Å². The number of hydrogen-bond donors (Lipinski definition) is 1. The summed E-state index contributed by atoms with van der Waals surface area (Å²) in [6, 6.07) is 10.9. The number of thiophene rings is 1. The number of thiazole rings is 1. The molecule has 0 radical (unpaired) electrons. The van der Waals surface area contributed by atoms with E-state index in [-0.39, 0.29) is 9.88 Å². The van der Waals surface area contributed by atoms with E-state index in [4.69, 9.17) is 0 Å². The van der Waals surface area contributed by atoms with Crippen LogP contribution in [0.4, 0.5) is 10.1 Å². The summed E-state index contributed by atoms with van der Waals surface area (Å²) in [6.45, 7) is 2.10. The molecule has 0 aliphatic heterocycles. The van der Waals surface area contributed by atoms with Crippen LogP contribution in [0.15, 0.2) is 41.8 Å². The van der Waals surface area contributed by atoms with Gasteiger partial charge < -0.3 is 0 Å². The Kier molecular flexibility index (Phi) is 4.68. The van der Waals surface area contributed by atoms with Crippen molar-refractivity contribution in [1.29, 1.82) is 0 Å². The molecule has 1 N–H and O–H groups in total. The van der Waals surface area contributed by atoms with E-state index in [1.165, 1.54) is 29.0 Å². The molecule has 0 unspecified atom stereocenters. The van der Waals surface area contributed by atoms with E-state index in [9.17, 15) is 14.9 Å². The first-order valence-corrected chi connectivity index (χ1v) is 8.87. The minimum absolute atomic E-state index is 0.0593. The zero-order chi connectivity index (χ0) is 17.1. The number of amides is 1. The molecule has 0 atom stereocenters. The minimum Gasteiger partial charge on any atom is -0.297 e. The molecule has 3 aromatic rings. The summed E-state index contributed by atoms with van der Waals surface area (Å²) in [5.74, 6) is -0.393. The van der Waals surface area contributed by atoms with Crippen LogP contribution in [0.25, 0.3) is 11.3 Å². The van der Waals surface area contributed by atoms with Crippen LogP contribution in [0, 0.1) is 10.1 Å². The standard InChI is InChI=1S/C16H13N3O3S2/c1-2-10-3-5-11(6-4-10)12-9-23-16(17-12)18-15(20)13-7-8-14(24-13)19(21)22/h3-9H,2H2,1H3,(H,17,18,20). The zero-order valence-corrected chi connectivity index (χ0v) is 14.3. The Morgan fingerprint density at radius 2 is 2.00 bits per heavy atom. The second-order valence-corrected chi connectivity index (χ2v) is 6.86. The van der Waals surface area contributed by atoms with Gasteiger partial charge in [0.1, 0.15) is 0 Å². The zero-order valence-electron chi connectivity index (χ0n) is 12.7. The summed E-state index contributed by atoms with van der Waals surface area (Å²) < 4.78 is 0. The molecule has 0 spiro atoms. The maximum atomic E-state index is 12.1. The highest BCUT2D eigenvalue weighted by Crippen LogP contribution is 2.28. The lowest BCUT2D eigenvalue weighted by Crippen LogP contribution is -2.09. The van der Waals surface area contributed by atoms with Crippen LogP contribution >= 0.6 is 22.7 Å². The highest BCUT2D eigenvalue weighted by atomic mass is 32.1. The first-order chi connectivity index (χ1) is 11.6. The first-order valence-electron chi connectivity index (χ1n) is 7.17. The molecule has 8 heteroatoms. The summed E-state index contributed by atoms with van der Waals surface area (Å²) in [5.41, 5.74) is 3.02. The molecule has 2 aromatic heterocycles. The van der Waals surface area contributed by atoms with Gasteiger partial charge in [-0.1, -0.05) is 42.5 Å². The van der Waals surface area contributed by atoms with Gasteiger partial charge in [0.05, 0.1) is 15.5 Å². The third kappa shape index (κ3) is 3.50. The number of anilines is 1. The first kappa shape index (κ1) is 16.3. The maximum absolute atomic E-state index is 12.1. The Bertz CT molecular complexity index is 884. The molecule has 3 rings (SSSR count). The average Bonchev–Trinajstić information content (AvgIpc) is 3.24. The molecule has 0 aliphatic rings. The molecule has 122 valence electrons. The second kappa shape index (κ2) is 6.90. The van der Waals surface area contributed by atoms with Gasteiger partial charge in [-0.25, -0.2) is 4.98 Å². The molecule has 1 aromatic carbocycles. The van der Waals surface area contributed by atoms with Gasteiger partial charge in [-0.3, -0.25) is 20.2 Å². The highest BCUT2D eigenvalue weighted by Gasteiger charge is 2.16. The van der Waals surface area contributed by atoms with Gasteiger partial charge in [-0.2, -0.15) is 0 Å². The van der Waals surface area contributed by atoms with E-state index in [0.717, 1.165) is 29.0 Å². The van der Waals surface area contributed by atoms with Crippen molar-refractivity contribution in [1.82, 2.24) is 4.98 Å². The Labute approximate surface area is 146 Å². The molecule has 0 aliphatic carbocycles. The predicted octanol–water partition coefficient (Wildman–Crippen LogP) is 4.59. The predicted molar refractivity (Wildman–Crippen MR) is 95.9 cm³/mol. The van der Waals surface area contributed by atoms with Crippen molar-refractivity contribution in [2.75, 3.05) is 5.32 Å². The molecular weight excluding hydrogens is 346 g/mol. The highest BCUT2D eigenvalue weighted by molar-refractivity contribution is 7.17. The number of aromatic nitrogens is 1. The topological polar surface area (TPSA) is 85.1 Å². The van der Waals surface area contributed by atoms with Gasteiger partial charge in [0, 0.05) is 17.0 Å². The lowest BCUT2D eigenvalue weighted by molar-refractivity contribution is -0.380. The molecule has 0 saturated carbocycles. The number of rotatable bonds is 5. The van der Waals surface area contributed by atoms with E-state index >= 15 is 0 Å². The molecule has 1 amide bonds. The fourth-order valence-electron chi connectivity index (χ4n) is 2.08. The summed E-state index contributed by atoms with van der Waals surface area (Å²) in [7, 11) is 0. The van der Waals surface area contributed by atoms with Crippen LogP contribution in [0.1, 0.15) is 22.2 Å². The fourth-order valence-corrected chi connectivity index (χ4v) is 3.51. The second-order valence-electron chi connectivity index (χ2n) is 4.94. The van der Waals surface area contributed by atoms with Crippen molar-refractivity contribution in [3.8, 4) is 11.3 Å². The van der Waals surface area contributed by atoms with Gasteiger partial charge >= 0.3 is 5.00 Å². The maximum Gasteiger partial charge on any atom is 0.324 e. The van der Waals surface area contributed by atoms with Crippen LogP contribution < -0.4 is 5.32 Å². The average molecular weight is 359 g/mol. The molecule has 0 fully saturated rings. The van der Waals surface area contributed by atoms with Gasteiger partial charge in [-0.15, -0.1) is 11.3 Å². The smallest absolute Gasteiger partial charge is 0.297 e. The number of carbonyl (C=O) groups is 1. The number of carbonyl (C=O) groups excluding carboxylic acids is 1. The van der Waals surface area contributed by atoms with E-state index < -0.39 is 10.8 Å². The van der Waals surface area contributed by atoms with Crippen LogP contribution in [-0.4, -0.2) is 15.8 Å². The van der Waals surface area contributed by atoms with Crippen LogP contribution in [0.2, 0.25) is 0 Å². The molecule has 0 bridgehead atoms. The van der Waals surface area contributed by atoms with Gasteiger partial charge in [-0.05, 0) is 18.1 Å². The van der Waals surface area contributed by atoms with E-state index in [0.29, 0.717) is 5.13 Å². The monoisotopic (exact) mass is 359 g/mol. The summed E-state index contributed by atoms with van der Waals surface area (Å²) in [5, 5.41) is 15.6. The van der Waals surface area contributed by atoms with Crippen LogP contribution in [-0.2, 0) is 6.42 Å². The van der Waals surface area contributed by atoms with E-state index in [1.54, 1.807) is 0 Å². The largest absolute Gasteiger partial charge is 0.324 e. The fraction of sp³-hybridized carbons (Fsp3) is 0.125. The molecular formula is C16H13N3O3S2. The lowest BCUT2D eigenvalue weighted by atomic mass is 10.1. The Morgan fingerprint density at radius 3 is 2.62 bits per heavy atom. The van der Waals surface area contributed by atoms with Crippen molar-refractivity contribution < 1.29 is 9.72 Å². The van der Waals surface area contributed by atoms with Crippen molar-refractivity contribution in [3.63, 3.8) is 0 Å². The number of nitrogens with one attached hydrogen (secondary N) is 1. The minimum atomic E-state index is -0.511. The SMILES string of the molecule is CCc1ccc(-c2csc(NC(=O)c3ccc([N+](=O)[O-])s3)n2)cc1. The Balaban J connectivity index is 1.72. The normalized spacial score (nSPS) is 10.5. The number of benzene rings is 1. The lowest BCUT2D eigenvalue weighted by Gasteiger charge is -2.00.